The number of hydrogen-bond donors (Lipinski definition) is 2. The van der Waals surface area contributed by atoms with Crippen molar-refractivity contribution in [1.29, 1.82) is 0 Å². The van der Waals surface area contributed by atoms with E-state index < -0.39 is 35.8 Å². The van der Waals surface area contributed by atoms with E-state index in [-0.39, 0.29) is 11.3 Å². The van der Waals surface area contributed by atoms with E-state index in [1.165, 1.54) is 24.5 Å². The Bertz CT molecular complexity index is 1650. The lowest BCUT2D eigenvalue weighted by Gasteiger charge is -2.13. The van der Waals surface area contributed by atoms with Crippen molar-refractivity contribution in [3.63, 3.8) is 0 Å². The fourth-order valence-corrected chi connectivity index (χ4v) is 3.83. The van der Waals surface area contributed by atoms with Crippen molar-refractivity contribution in [3.05, 3.63) is 90.4 Å². The van der Waals surface area contributed by atoms with Crippen LogP contribution in [-0.4, -0.2) is 37.6 Å². The van der Waals surface area contributed by atoms with Crippen LogP contribution in [-0.2, 0) is 17.4 Å². The molecule has 1 amide bonds. The van der Waals surface area contributed by atoms with Gasteiger partial charge in [-0.05, 0) is 35.4 Å². The molecule has 5 rings (SSSR count). The number of amides is 1. The van der Waals surface area contributed by atoms with E-state index in [1.54, 1.807) is 16.8 Å². The van der Waals surface area contributed by atoms with Gasteiger partial charge in [0.25, 0.3) is 0 Å². The molecule has 13 heteroatoms. The summed E-state index contributed by atoms with van der Waals surface area (Å²) in [5, 5.41) is 9.63. The Kier molecular flexibility index (Phi) is 6.79. The number of ether oxygens (including phenoxy) is 1. The van der Waals surface area contributed by atoms with E-state index in [1.807, 2.05) is 24.4 Å². The SMILES string of the molecule is COc1ncc(NC(=O)Cc2ccc(-c3cnc(Nc4cnn5ccccc45)nc3)cc2F)cc1C(F)(F)F. The fraction of sp³-hybridized carbons (Fsp3) is 0.115. The van der Waals surface area contributed by atoms with E-state index in [4.69, 9.17) is 0 Å². The van der Waals surface area contributed by atoms with Gasteiger partial charge >= 0.3 is 6.18 Å². The summed E-state index contributed by atoms with van der Waals surface area (Å²) in [6.07, 6.45) is 2.41. The molecule has 0 unspecified atom stereocenters. The molecule has 0 aliphatic rings. The van der Waals surface area contributed by atoms with Crippen molar-refractivity contribution in [1.82, 2.24) is 24.6 Å². The normalized spacial score (nSPS) is 11.4. The van der Waals surface area contributed by atoms with Gasteiger partial charge in [-0.25, -0.2) is 23.9 Å². The van der Waals surface area contributed by atoms with Crippen LogP contribution in [0.3, 0.4) is 0 Å². The van der Waals surface area contributed by atoms with Gasteiger partial charge in [-0.1, -0.05) is 18.2 Å². The second-order valence-electron chi connectivity index (χ2n) is 8.32. The van der Waals surface area contributed by atoms with Gasteiger partial charge in [0, 0.05) is 24.2 Å². The van der Waals surface area contributed by atoms with Crippen LogP contribution >= 0.6 is 0 Å². The Hall–Kier alpha value is -5.07. The van der Waals surface area contributed by atoms with E-state index in [0.29, 0.717) is 23.1 Å². The van der Waals surface area contributed by atoms with Crippen molar-refractivity contribution in [3.8, 4) is 17.0 Å². The van der Waals surface area contributed by atoms with Gasteiger partial charge < -0.3 is 15.4 Å². The van der Waals surface area contributed by atoms with Crippen LogP contribution < -0.4 is 15.4 Å². The zero-order valence-electron chi connectivity index (χ0n) is 20.2. The summed E-state index contributed by atoms with van der Waals surface area (Å²) in [5.74, 6) is -1.67. The summed E-state index contributed by atoms with van der Waals surface area (Å²) < 4.78 is 60.7. The van der Waals surface area contributed by atoms with E-state index in [2.05, 4.69) is 35.4 Å². The third-order valence-electron chi connectivity index (χ3n) is 5.70. The number of fused-ring (bicyclic) bond motifs is 1. The average Bonchev–Trinajstić information content (AvgIpc) is 3.32. The van der Waals surface area contributed by atoms with E-state index >= 15 is 0 Å². The van der Waals surface area contributed by atoms with Crippen molar-refractivity contribution in [2.45, 2.75) is 12.6 Å². The highest BCUT2D eigenvalue weighted by atomic mass is 19.4. The van der Waals surface area contributed by atoms with Crippen molar-refractivity contribution >= 4 is 28.7 Å². The number of carbonyl (C=O) groups excluding carboxylic acids is 1. The molecule has 39 heavy (non-hydrogen) atoms. The molecular formula is C26H19F4N7O2. The molecule has 9 nitrogen and oxygen atoms in total. The molecular weight excluding hydrogens is 518 g/mol. The summed E-state index contributed by atoms with van der Waals surface area (Å²) in [4.78, 5) is 24.5. The minimum Gasteiger partial charge on any atom is -0.481 e. The van der Waals surface area contributed by atoms with Gasteiger partial charge in [0.1, 0.15) is 11.4 Å². The lowest BCUT2D eigenvalue weighted by atomic mass is 10.0. The number of nitrogens with one attached hydrogen (secondary N) is 2. The van der Waals surface area contributed by atoms with Gasteiger partial charge in [0.05, 0.1) is 42.8 Å². The second-order valence-corrected chi connectivity index (χ2v) is 8.32. The smallest absolute Gasteiger partial charge is 0.421 e. The molecule has 0 fully saturated rings. The third-order valence-corrected chi connectivity index (χ3v) is 5.70. The van der Waals surface area contributed by atoms with Gasteiger partial charge in [0.2, 0.25) is 17.7 Å². The zero-order valence-corrected chi connectivity index (χ0v) is 20.2. The molecule has 0 radical (unpaired) electrons. The molecule has 1 aromatic carbocycles. The Labute approximate surface area is 218 Å². The van der Waals surface area contributed by atoms with Gasteiger partial charge in [-0.3, -0.25) is 4.79 Å². The average molecular weight is 537 g/mol. The maximum atomic E-state index is 14.8. The van der Waals surface area contributed by atoms with Crippen LogP contribution in [0.5, 0.6) is 5.88 Å². The molecule has 0 bridgehead atoms. The molecule has 4 heterocycles. The first-order valence-corrected chi connectivity index (χ1v) is 11.4. The molecule has 0 saturated heterocycles. The van der Waals surface area contributed by atoms with Crippen molar-refractivity contribution in [2.24, 2.45) is 0 Å². The van der Waals surface area contributed by atoms with Crippen LogP contribution in [0.4, 0.5) is 34.9 Å². The molecule has 4 aromatic heterocycles. The quantitative estimate of drug-likeness (QED) is 0.272. The maximum absolute atomic E-state index is 14.8. The molecule has 0 aliphatic heterocycles. The van der Waals surface area contributed by atoms with Crippen molar-refractivity contribution in [2.75, 3.05) is 17.7 Å². The minimum absolute atomic E-state index is 0.0565. The number of nitrogens with zero attached hydrogens (tertiary/aromatic N) is 5. The molecule has 0 spiro atoms. The first kappa shape index (κ1) is 25.6. The summed E-state index contributed by atoms with van der Waals surface area (Å²) in [7, 11) is 1.06. The Morgan fingerprint density at radius 3 is 2.51 bits per heavy atom. The largest absolute Gasteiger partial charge is 0.481 e. The van der Waals surface area contributed by atoms with E-state index in [0.717, 1.165) is 24.5 Å². The summed E-state index contributed by atoms with van der Waals surface area (Å²) in [6, 6.07) is 10.6. The lowest BCUT2D eigenvalue weighted by Crippen LogP contribution is -2.17. The minimum atomic E-state index is -4.73. The van der Waals surface area contributed by atoms with Crippen LogP contribution in [0.15, 0.2) is 73.4 Å². The number of aromatic nitrogens is 5. The van der Waals surface area contributed by atoms with Gasteiger partial charge in [-0.2, -0.15) is 18.3 Å². The summed E-state index contributed by atoms with van der Waals surface area (Å²) in [6.45, 7) is 0. The number of pyridine rings is 2. The summed E-state index contributed by atoms with van der Waals surface area (Å²) in [5.41, 5.74) is 1.31. The maximum Gasteiger partial charge on any atom is 0.421 e. The highest BCUT2D eigenvalue weighted by Crippen LogP contribution is 2.36. The highest BCUT2D eigenvalue weighted by Gasteiger charge is 2.35. The van der Waals surface area contributed by atoms with Crippen LogP contribution in [0, 0.1) is 5.82 Å². The van der Waals surface area contributed by atoms with Gasteiger partial charge in [0.15, 0.2) is 0 Å². The van der Waals surface area contributed by atoms with E-state index in [9.17, 15) is 22.4 Å². The van der Waals surface area contributed by atoms with Crippen LogP contribution in [0.25, 0.3) is 16.6 Å². The number of anilines is 3. The highest BCUT2D eigenvalue weighted by molar-refractivity contribution is 5.92. The van der Waals surface area contributed by atoms with Gasteiger partial charge in [-0.15, -0.1) is 0 Å². The lowest BCUT2D eigenvalue weighted by molar-refractivity contribution is -0.139. The number of alkyl halides is 3. The monoisotopic (exact) mass is 537 g/mol. The fourth-order valence-electron chi connectivity index (χ4n) is 3.83. The van der Waals surface area contributed by atoms with Crippen LogP contribution in [0.2, 0.25) is 0 Å². The number of hydrogen-bond acceptors (Lipinski definition) is 7. The standard InChI is InChI=1S/C26H19F4N7O2/c1-39-24-19(26(28,29)30)10-18(13-31-24)35-23(38)9-16-6-5-15(8-20(16)27)17-11-32-25(33-12-17)36-21-14-34-37-7-3-2-4-22(21)37/h2-8,10-14H,9H2,1H3,(H,35,38)(H,32,33,36). The topological polar surface area (TPSA) is 106 Å². The third kappa shape index (κ3) is 5.61. The second kappa shape index (κ2) is 10.4. The molecule has 0 atom stereocenters. The number of rotatable bonds is 7. The summed E-state index contributed by atoms with van der Waals surface area (Å²) >= 11 is 0. The predicted molar refractivity (Wildman–Crippen MR) is 134 cm³/mol. The Balaban J connectivity index is 1.25. The molecule has 2 N–H and O–H groups in total. The number of halogens is 4. The molecule has 198 valence electrons. The Morgan fingerprint density at radius 1 is 1.00 bits per heavy atom. The zero-order chi connectivity index (χ0) is 27.6. The number of benzene rings is 1. The first-order chi connectivity index (χ1) is 18.7. The van der Waals surface area contributed by atoms with Crippen LogP contribution in [0.1, 0.15) is 11.1 Å². The van der Waals surface area contributed by atoms with Crippen molar-refractivity contribution < 1.29 is 27.1 Å². The number of carbonyl (C=O) groups is 1. The number of methoxy groups -OCH3 is 1. The predicted octanol–water partition coefficient (Wildman–Crippen LogP) is 5.28. The molecule has 5 aromatic rings. The molecule has 0 saturated carbocycles. The first-order valence-electron chi connectivity index (χ1n) is 11.4. The molecule has 0 aliphatic carbocycles. The Morgan fingerprint density at radius 2 is 1.79 bits per heavy atom.